The summed E-state index contributed by atoms with van der Waals surface area (Å²) in [7, 11) is 0. The maximum Gasteiger partial charge on any atom is 0.270 e. The lowest BCUT2D eigenvalue weighted by Gasteiger charge is -2.26. The number of thioether (sulfide) groups is 1. The lowest BCUT2D eigenvalue weighted by Crippen LogP contribution is -2.57. The van der Waals surface area contributed by atoms with Gasteiger partial charge in [-0.15, -0.1) is 0 Å². The average Bonchev–Trinajstić information content (AvgIpc) is 2.89. The monoisotopic (exact) mass is 542 g/mol. The summed E-state index contributed by atoms with van der Waals surface area (Å²) in [6.45, 7) is 0.126. The Kier molecular flexibility index (Phi) is 10.0. The Morgan fingerprint density at radius 3 is 2.42 bits per heavy atom. The molecule has 0 aliphatic carbocycles. The Labute approximate surface area is 223 Å². The maximum atomic E-state index is 13.4. The Morgan fingerprint density at radius 1 is 1.05 bits per heavy atom. The van der Waals surface area contributed by atoms with Crippen molar-refractivity contribution in [2.24, 2.45) is 5.73 Å². The summed E-state index contributed by atoms with van der Waals surface area (Å²) in [4.78, 5) is 62.7. The lowest BCUT2D eigenvalue weighted by molar-refractivity contribution is -0.384. The van der Waals surface area contributed by atoms with Gasteiger partial charge < -0.3 is 27.0 Å². The summed E-state index contributed by atoms with van der Waals surface area (Å²) in [5.41, 5.74) is 6.18. The predicted molar refractivity (Wildman–Crippen MR) is 144 cm³/mol. The highest BCUT2D eigenvalue weighted by atomic mass is 32.2. The summed E-state index contributed by atoms with van der Waals surface area (Å²) in [6, 6.07) is 9.60. The quantitative estimate of drug-likeness (QED) is 0.253. The van der Waals surface area contributed by atoms with Crippen LogP contribution in [0.25, 0.3) is 0 Å². The van der Waals surface area contributed by atoms with E-state index in [-0.39, 0.29) is 42.7 Å². The number of carbonyl (C=O) groups is 4. The molecule has 0 radical (unpaired) electrons. The third-order valence-corrected chi connectivity index (χ3v) is 6.66. The molecule has 0 aromatic heterocycles. The van der Waals surface area contributed by atoms with Crippen molar-refractivity contribution in [3.05, 3.63) is 69.8 Å². The van der Waals surface area contributed by atoms with Crippen LogP contribution in [0.2, 0.25) is 0 Å². The van der Waals surface area contributed by atoms with E-state index in [4.69, 9.17) is 5.73 Å². The summed E-state index contributed by atoms with van der Waals surface area (Å²) in [5, 5.41) is 22.4. The van der Waals surface area contributed by atoms with E-state index in [9.17, 15) is 29.3 Å². The van der Waals surface area contributed by atoms with Gasteiger partial charge in [0.25, 0.3) is 11.6 Å². The molecule has 12 nitrogen and oxygen atoms in total. The number of fused-ring (bicyclic) bond motifs is 1. The fraction of sp³-hybridized carbons (Fsp3) is 0.360. The molecular formula is C25H30N6O6S. The van der Waals surface area contributed by atoms with Gasteiger partial charge in [-0.25, -0.2) is 0 Å². The van der Waals surface area contributed by atoms with Crippen LogP contribution in [0.15, 0.2) is 48.5 Å². The van der Waals surface area contributed by atoms with Crippen LogP contribution in [0.4, 0.5) is 11.4 Å². The first-order chi connectivity index (χ1) is 18.2. The van der Waals surface area contributed by atoms with Gasteiger partial charge in [0.15, 0.2) is 0 Å². The number of primary amides is 1. The second kappa shape index (κ2) is 13.4. The highest BCUT2D eigenvalue weighted by Gasteiger charge is 2.30. The number of rotatable bonds is 7. The van der Waals surface area contributed by atoms with Gasteiger partial charge >= 0.3 is 0 Å². The van der Waals surface area contributed by atoms with E-state index in [1.807, 2.05) is 12.3 Å². The zero-order chi connectivity index (χ0) is 27.7. The number of benzene rings is 2. The molecule has 202 valence electrons. The van der Waals surface area contributed by atoms with Crippen LogP contribution in [0.3, 0.4) is 0 Å². The molecule has 3 rings (SSSR count). The van der Waals surface area contributed by atoms with Gasteiger partial charge in [-0.1, -0.05) is 30.3 Å². The lowest BCUT2D eigenvalue weighted by atomic mass is 10.0. The minimum Gasteiger partial charge on any atom is -0.384 e. The summed E-state index contributed by atoms with van der Waals surface area (Å²) in [6.07, 6.45) is 2.33. The van der Waals surface area contributed by atoms with Gasteiger partial charge in [0.1, 0.15) is 18.1 Å². The number of nitrogens with zero attached hydrogens (tertiary/aromatic N) is 1. The molecule has 0 fully saturated rings. The largest absolute Gasteiger partial charge is 0.384 e. The molecule has 1 aliphatic rings. The van der Waals surface area contributed by atoms with Crippen molar-refractivity contribution in [3.63, 3.8) is 0 Å². The zero-order valence-electron chi connectivity index (χ0n) is 20.8. The molecule has 4 amide bonds. The SMILES string of the molecule is CSCC[C@@H]1NC(=O)[C@H](Cc2ccccc2)NC(=O)c2cc([N+](=O)[O-])ccc2NCC[C@@H](C(N)=O)NC1=O. The van der Waals surface area contributed by atoms with E-state index in [0.29, 0.717) is 5.75 Å². The number of anilines is 1. The van der Waals surface area contributed by atoms with Crippen molar-refractivity contribution in [2.75, 3.05) is 23.9 Å². The van der Waals surface area contributed by atoms with E-state index in [1.165, 1.54) is 23.9 Å². The smallest absolute Gasteiger partial charge is 0.270 e. The molecule has 0 saturated heterocycles. The highest BCUT2D eigenvalue weighted by molar-refractivity contribution is 7.98. The van der Waals surface area contributed by atoms with Crippen LogP contribution < -0.4 is 27.0 Å². The number of nitrogens with one attached hydrogen (secondary N) is 4. The number of hydrogen-bond donors (Lipinski definition) is 5. The fourth-order valence-corrected chi connectivity index (χ4v) is 4.44. The van der Waals surface area contributed by atoms with Gasteiger partial charge in [-0.2, -0.15) is 11.8 Å². The van der Waals surface area contributed by atoms with Crippen molar-refractivity contribution in [2.45, 2.75) is 37.4 Å². The number of hydrogen-bond acceptors (Lipinski definition) is 8. The normalized spacial score (nSPS) is 20.6. The Morgan fingerprint density at radius 2 is 1.76 bits per heavy atom. The van der Waals surface area contributed by atoms with Crippen molar-refractivity contribution >= 4 is 46.8 Å². The molecule has 1 aliphatic heterocycles. The third kappa shape index (κ3) is 7.68. The third-order valence-electron chi connectivity index (χ3n) is 6.02. The van der Waals surface area contributed by atoms with E-state index in [1.54, 1.807) is 24.3 Å². The molecule has 3 atom stereocenters. The van der Waals surface area contributed by atoms with Crippen LogP contribution in [0.1, 0.15) is 28.8 Å². The molecule has 2 aromatic rings. The Bertz CT molecular complexity index is 1190. The topological polar surface area (TPSA) is 186 Å². The molecule has 2 aromatic carbocycles. The van der Waals surface area contributed by atoms with Gasteiger partial charge in [0.05, 0.1) is 10.5 Å². The van der Waals surface area contributed by atoms with Crippen molar-refractivity contribution in [3.8, 4) is 0 Å². The van der Waals surface area contributed by atoms with Gasteiger partial charge in [-0.3, -0.25) is 29.3 Å². The van der Waals surface area contributed by atoms with Gasteiger partial charge in [0, 0.05) is 30.8 Å². The van der Waals surface area contributed by atoms with Crippen LogP contribution in [0.5, 0.6) is 0 Å². The maximum absolute atomic E-state index is 13.4. The molecule has 13 heteroatoms. The fourth-order valence-electron chi connectivity index (χ4n) is 3.97. The predicted octanol–water partition coefficient (Wildman–Crippen LogP) is 0.960. The second-order valence-corrected chi connectivity index (χ2v) is 9.71. The Balaban J connectivity index is 2.03. The number of non-ortho nitro benzene ring substituents is 1. The average molecular weight is 543 g/mol. The van der Waals surface area contributed by atoms with Crippen LogP contribution >= 0.6 is 11.8 Å². The molecule has 6 N–H and O–H groups in total. The molecule has 1 heterocycles. The first-order valence-corrected chi connectivity index (χ1v) is 13.3. The standard InChI is InChI=1S/C25H30N6O6S/c1-38-12-10-20-24(34)28-19(22(26)32)9-11-27-18-8-7-16(31(36)37)14-17(18)23(33)30-21(25(35)29-20)13-15-5-3-2-4-6-15/h2-8,14,19-21,27H,9-13H2,1H3,(H2,26,32)(H,28,34)(H,29,35)(H,30,33)/t19-,20-,21-/m0/s1. The molecule has 0 unspecified atom stereocenters. The molecule has 0 bridgehead atoms. The minimum atomic E-state index is -1.10. The summed E-state index contributed by atoms with van der Waals surface area (Å²) in [5.74, 6) is -2.09. The summed E-state index contributed by atoms with van der Waals surface area (Å²) < 4.78 is 0. The molecular weight excluding hydrogens is 512 g/mol. The second-order valence-electron chi connectivity index (χ2n) is 8.72. The number of nitrogens with two attached hydrogens (primary N) is 1. The number of nitro groups is 1. The molecule has 38 heavy (non-hydrogen) atoms. The van der Waals surface area contributed by atoms with Gasteiger partial charge in [0.2, 0.25) is 17.7 Å². The number of amides is 4. The minimum absolute atomic E-state index is 0.0410. The van der Waals surface area contributed by atoms with Crippen LogP contribution in [-0.2, 0) is 20.8 Å². The van der Waals surface area contributed by atoms with E-state index >= 15 is 0 Å². The van der Waals surface area contributed by atoms with E-state index < -0.39 is 46.7 Å². The van der Waals surface area contributed by atoms with Crippen LogP contribution in [0, 0.1) is 10.1 Å². The Hall–Kier alpha value is -4.13. The zero-order valence-corrected chi connectivity index (χ0v) is 21.6. The first-order valence-electron chi connectivity index (χ1n) is 12.0. The summed E-state index contributed by atoms with van der Waals surface area (Å²) >= 11 is 1.48. The van der Waals surface area contributed by atoms with Crippen LogP contribution in [-0.4, -0.2) is 65.2 Å². The molecule has 0 saturated carbocycles. The highest BCUT2D eigenvalue weighted by Crippen LogP contribution is 2.23. The number of carbonyl (C=O) groups excluding carboxylic acids is 4. The number of nitro benzene ring substituents is 1. The van der Waals surface area contributed by atoms with E-state index in [2.05, 4.69) is 21.3 Å². The van der Waals surface area contributed by atoms with Crippen molar-refractivity contribution < 1.29 is 24.1 Å². The first kappa shape index (κ1) is 28.4. The van der Waals surface area contributed by atoms with E-state index in [0.717, 1.165) is 11.6 Å². The molecule has 0 spiro atoms. The van der Waals surface area contributed by atoms with Gasteiger partial charge in [-0.05, 0) is 36.5 Å². The van der Waals surface area contributed by atoms with Crippen molar-refractivity contribution in [1.82, 2.24) is 16.0 Å². The van der Waals surface area contributed by atoms with Crippen molar-refractivity contribution in [1.29, 1.82) is 0 Å².